The van der Waals surface area contributed by atoms with Gasteiger partial charge in [-0.1, -0.05) is 24.8 Å². The van der Waals surface area contributed by atoms with E-state index < -0.39 is 0 Å². The highest BCUT2D eigenvalue weighted by Crippen LogP contribution is 2.33. The third kappa shape index (κ3) is 3.64. The fourth-order valence-corrected chi connectivity index (χ4v) is 3.68. The van der Waals surface area contributed by atoms with Gasteiger partial charge in [-0.05, 0) is 46.0 Å². The molecular formula is C15H18BrNO2S. The second-order valence-electron chi connectivity index (χ2n) is 5.02. The van der Waals surface area contributed by atoms with Crippen molar-refractivity contribution >= 4 is 44.4 Å². The third-order valence-corrected chi connectivity index (χ3v) is 5.12. The van der Waals surface area contributed by atoms with Crippen LogP contribution in [-0.2, 0) is 16.0 Å². The van der Waals surface area contributed by atoms with E-state index >= 15 is 0 Å². The van der Waals surface area contributed by atoms with Gasteiger partial charge in [0.2, 0.25) is 5.91 Å². The molecule has 3 nitrogen and oxygen atoms in total. The molecule has 0 saturated carbocycles. The summed E-state index contributed by atoms with van der Waals surface area (Å²) < 4.78 is 0.963. The van der Waals surface area contributed by atoms with E-state index in [1.54, 1.807) is 6.92 Å². The summed E-state index contributed by atoms with van der Waals surface area (Å²) in [4.78, 5) is 25.0. The molecule has 0 N–H and O–H groups in total. The van der Waals surface area contributed by atoms with E-state index in [1.165, 1.54) is 17.3 Å². The summed E-state index contributed by atoms with van der Waals surface area (Å²) in [5.74, 6) is 1.13. The summed E-state index contributed by atoms with van der Waals surface area (Å²) >= 11 is 4.86. The predicted octanol–water partition coefficient (Wildman–Crippen LogP) is 3.64. The summed E-state index contributed by atoms with van der Waals surface area (Å²) in [7, 11) is 0. The monoisotopic (exact) mass is 355 g/mol. The first kappa shape index (κ1) is 15.6. The average molecular weight is 356 g/mol. The topological polar surface area (TPSA) is 37.4 Å². The molecule has 1 aliphatic heterocycles. The minimum atomic E-state index is 0.115. The lowest BCUT2D eigenvalue weighted by Gasteiger charge is -2.19. The second kappa shape index (κ2) is 6.76. The fraction of sp³-hybridized carbons (Fsp3) is 0.467. The number of carbonyl (C=O) groups excluding carboxylic acids is 2. The minimum Gasteiger partial charge on any atom is -0.311 e. The van der Waals surface area contributed by atoms with Crippen LogP contribution in [0.5, 0.6) is 0 Å². The zero-order valence-corrected chi connectivity index (χ0v) is 14.1. The molecule has 1 unspecified atom stereocenters. The van der Waals surface area contributed by atoms with Gasteiger partial charge < -0.3 is 4.90 Å². The second-order valence-corrected chi connectivity index (χ2v) is 7.07. The number of carbonyl (C=O) groups is 2. The fourth-order valence-electron chi connectivity index (χ4n) is 2.35. The Kier molecular flexibility index (Phi) is 5.27. The Balaban J connectivity index is 2.09. The number of anilines is 1. The van der Waals surface area contributed by atoms with Crippen LogP contribution in [0.3, 0.4) is 0 Å². The van der Waals surface area contributed by atoms with Crippen molar-refractivity contribution in [2.45, 2.75) is 26.7 Å². The molecular weight excluding hydrogens is 338 g/mol. The van der Waals surface area contributed by atoms with Crippen molar-refractivity contribution in [2.75, 3.05) is 17.2 Å². The summed E-state index contributed by atoms with van der Waals surface area (Å²) in [5.41, 5.74) is 2.18. The van der Waals surface area contributed by atoms with Gasteiger partial charge in [-0.15, -0.1) is 0 Å². The maximum atomic E-state index is 12.1. The molecule has 0 radical (unpaired) electrons. The number of halogens is 1. The van der Waals surface area contributed by atoms with Gasteiger partial charge in [0, 0.05) is 30.1 Å². The number of rotatable bonds is 4. The van der Waals surface area contributed by atoms with Crippen molar-refractivity contribution in [2.24, 2.45) is 5.92 Å². The molecule has 1 fully saturated rings. The number of aryl methyl sites for hydroxylation is 1. The van der Waals surface area contributed by atoms with Crippen molar-refractivity contribution in [3.8, 4) is 0 Å². The molecule has 1 amide bonds. The van der Waals surface area contributed by atoms with E-state index in [-0.39, 0.29) is 16.9 Å². The molecule has 0 aromatic heterocycles. The maximum absolute atomic E-state index is 12.1. The number of nitrogens with zero attached hydrogens (tertiary/aromatic N) is 1. The van der Waals surface area contributed by atoms with Gasteiger partial charge in [0.1, 0.15) is 0 Å². The van der Waals surface area contributed by atoms with Crippen LogP contribution in [-0.4, -0.2) is 23.3 Å². The highest BCUT2D eigenvalue weighted by atomic mass is 79.9. The Hall–Kier alpha value is -0.810. The molecule has 0 spiro atoms. The number of hydrogen-bond donors (Lipinski definition) is 0. The largest absolute Gasteiger partial charge is 0.311 e. The van der Waals surface area contributed by atoms with Gasteiger partial charge in [-0.3, -0.25) is 9.59 Å². The van der Waals surface area contributed by atoms with Gasteiger partial charge in [0.15, 0.2) is 5.12 Å². The molecule has 0 aliphatic carbocycles. The summed E-state index contributed by atoms with van der Waals surface area (Å²) in [6.07, 6.45) is 1.51. The first-order chi connectivity index (χ1) is 9.51. The Bertz CT molecular complexity index is 533. The van der Waals surface area contributed by atoms with E-state index in [0.29, 0.717) is 13.0 Å². The van der Waals surface area contributed by atoms with Crippen molar-refractivity contribution in [3.05, 3.63) is 28.2 Å². The van der Waals surface area contributed by atoms with Crippen molar-refractivity contribution in [3.63, 3.8) is 0 Å². The van der Waals surface area contributed by atoms with Crippen LogP contribution in [0.4, 0.5) is 5.69 Å². The van der Waals surface area contributed by atoms with Crippen LogP contribution in [0.25, 0.3) is 0 Å². The Morgan fingerprint density at radius 2 is 2.25 bits per heavy atom. The molecule has 1 aromatic rings. The van der Waals surface area contributed by atoms with Gasteiger partial charge >= 0.3 is 0 Å². The Morgan fingerprint density at radius 1 is 1.50 bits per heavy atom. The molecule has 0 bridgehead atoms. The molecule has 1 aromatic carbocycles. The van der Waals surface area contributed by atoms with E-state index in [2.05, 4.69) is 35.0 Å². The Labute approximate surface area is 132 Å². The lowest BCUT2D eigenvalue weighted by Crippen LogP contribution is -2.25. The SMILES string of the molecule is CCc1ccc(N2CC(CSC(C)=O)CC2=O)c(Br)c1. The first-order valence-corrected chi connectivity index (χ1v) is 8.51. The van der Waals surface area contributed by atoms with Gasteiger partial charge in [0.25, 0.3) is 0 Å². The highest BCUT2D eigenvalue weighted by Gasteiger charge is 2.31. The van der Waals surface area contributed by atoms with Crippen LogP contribution >= 0.6 is 27.7 Å². The van der Waals surface area contributed by atoms with E-state index in [4.69, 9.17) is 0 Å². The predicted molar refractivity (Wildman–Crippen MR) is 87.1 cm³/mol. The van der Waals surface area contributed by atoms with Crippen molar-refractivity contribution in [1.82, 2.24) is 0 Å². The van der Waals surface area contributed by atoms with E-state index in [1.807, 2.05) is 11.0 Å². The molecule has 1 aliphatic rings. The van der Waals surface area contributed by atoms with Gasteiger partial charge in [0.05, 0.1) is 5.69 Å². The van der Waals surface area contributed by atoms with Crippen molar-refractivity contribution in [1.29, 1.82) is 0 Å². The number of amides is 1. The zero-order chi connectivity index (χ0) is 14.7. The van der Waals surface area contributed by atoms with Crippen LogP contribution in [0.1, 0.15) is 25.8 Å². The third-order valence-electron chi connectivity index (χ3n) is 3.44. The molecule has 5 heteroatoms. The summed E-state index contributed by atoms with van der Waals surface area (Å²) in [6, 6.07) is 6.13. The molecule has 108 valence electrons. The van der Waals surface area contributed by atoms with Crippen LogP contribution in [0.15, 0.2) is 22.7 Å². The van der Waals surface area contributed by atoms with E-state index in [9.17, 15) is 9.59 Å². The van der Waals surface area contributed by atoms with Crippen molar-refractivity contribution < 1.29 is 9.59 Å². The lowest BCUT2D eigenvalue weighted by molar-refractivity contribution is -0.117. The zero-order valence-electron chi connectivity index (χ0n) is 11.7. The van der Waals surface area contributed by atoms with Crippen LogP contribution in [0.2, 0.25) is 0 Å². The van der Waals surface area contributed by atoms with Crippen LogP contribution in [0, 0.1) is 5.92 Å². The first-order valence-electron chi connectivity index (χ1n) is 6.73. The molecule has 1 saturated heterocycles. The molecule has 1 heterocycles. The quantitative estimate of drug-likeness (QED) is 0.827. The minimum absolute atomic E-state index is 0.115. The smallest absolute Gasteiger partial charge is 0.227 e. The lowest BCUT2D eigenvalue weighted by atomic mass is 10.1. The summed E-state index contributed by atoms with van der Waals surface area (Å²) in [6.45, 7) is 4.37. The van der Waals surface area contributed by atoms with Crippen LogP contribution < -0.4 is 4.90 Å². The Morgan fingerprint density at radius 3 is 2.85 bits per heavy atom. The summed E-state index contributed by atoms with van der Waals surface area (Å²) in [5, 5.41) is 0.115. The molecule has 1 atom stereocenters. The molecule has 2 rings (SSSR count). The molecule has 20 heavy (non-hydrogen) atoms. The van der Waals surface area contributed by atoms with Gasteiger partial charge in [-0.2, -0.15) is 0 Å². The average Bonchev–Trinajstić information content (AvgIpc) is 2.77. The maximum Gasteiger partial charge on any atom is 0.227 e. The number of hydrogen-bond acceptors (Lipinski definition) is 3. The normalized spacial score (nSPS) is 18.6. The number of benzene rings is 1. The van der Waals surface area contributed by atoms with Gasteiger partial charge in [-0.25, -0.2) is 0 Å². The standard InChI is InChI=1S/C15H18BrNO2S/c1-3-11-4-5-14(13(16)6-11)17-8-12(7-15(17)19)9-20-10(2)18/h4-6,12H,3,7-9H2,1-2H3. The number of thioether (sulfide) groups is 1. The van der Waals surface area contributed by atoms with E-state index in [0.717, 1.165) is 22.3 Å². The highest BCUT2D eigenvalue weighted by molar-refractivity contribution is 9.10.